The van der Waals surface area contributed by atoms with Gasteiger partial charge in [0, 0.05) is 29.7 Å². The van der Waals surface area contributed by atoms with Gasteiger partial charge in [0.05, 0.1) is 28.1 Å². The number of para-hydroxylation sites is 1. The number of aromatic hydroxyl groups is 1. The number of amides is 1. The lowest BCUT2D eigenvalue weighted by Gasteiger charge is -2.64. The Morgan fingerprint density at radius 3 is 2.76 bits per heavy atom. The van der Waals surface area contributed by atoms with Gasteiger partial charge in [-0.15, -0.1) is 0 Å². The summed E-state index contributed by atoms with van der Waals surface area (Å²) in [7, 11) is 0. The summed E-state index contributed by atoms with van der Waals surface area (Å²) in [6.07, 6.45) is 13.4. The summed E-state index contributed by atoms with van der Waals surface area (Å²) in [6.45, 7) is 1.96. The first-order valence-electron chi connectivity index (χ1n) is 16.4. The highest BCUT2D eigenvalue weighted by atomic mass is 16.5. The van der Waals surface area contributed by atoms with Crippen molar-refractivity contribution in [2.75, 3.05) is 13.1 Å². The van der Waals surface area contributed by atoms with E-state index < -0.39 is 17.1 Å². The van der Waals surface area contributed by atoms with Gasteiger partial charge < -0.3 is 25.3 Å². The molecule has 3 saturated carbocycles. The molecule has 3 aromatic rings. The van der Waals surface area contributed by atoms with Gasteiger partial charge in [-0.05, 0) is 93.0 Å². The van der Waals surface area contributed by atoms with E-state index in [-0.39, 0.29) is 23.7 Å². The normalized spacial score (nSPS) is 33.8. The van der Waals surface area contributed by atoms with E-state index in [1.807, 2.05) is 18.2 Å². The second-order valence-electron chi connectivity index (χ2n) is 14.2. The van der Waals surface area contributed by atoms with E-state index in [0.29, 0.717) is 30.1 Å². The standard InChI is InChI=1S/C35H41N3O4/c39-27-12-11-22-17-28-35(41)14-13-26(32-34(35,29(22)31(27)42-32)15-16-38(28)19-20-9-10-20)37-33(40)24-8-4-7-23-25(18-36-30(23)24)21-5-2-1-3-6-21/h4,7-8,11-12,18,20-21,26,28,32,36,39,41H,1-3,5-6,9-10,13-17,19H2,(H,37,40)/t26-,28-,32+,34+,35-/m1/s1. The number of ether oxygens (including phenoxy) is 1. The molecular formula is C35H41N3O4. The van der Waals surface area contributed by atoms with Crippen molar-refractivity contribution in [2.45, 2.75) is 106 Å². The molecule has 2 aliphatic heterocycles. The third-order valence-electron chi connectivity index (χ3n) is 12.1. The molecule has 3 heterocycles. The highest BCUT2D eigenvalue weighted by Gasteiger charge is 2.73. The Morgan fingerprint density at radius 2 is 1.93 bits per heavy atom. The summed E-state index contributed by atoms with van der Waals surface area (Å²) >= 11 is 0. The van der Waals surface area contributed by atoms with Crippen LogP contribution in [0.15, 0.2) is 36.5 Å². The Kier molecular flexibility index (Phi) is 5.45. The van der Waals surface area contributed by atoms with E-state index in [2.05, 4.69) is 27.5 Å². The zero-order valence-electron chi connectivity index (χ0n) is 24.2. The van der Waals surface area contributed by atoms with Crippen molar-refractivity contribution in [3.8, 4) is 11.5 Å². The number of H-pyrrole nitrogens is 1. The second kappa shape index (κ2) is 8.99. The number of aliphatic hydroxyl groups is 1. The van der Waals surface area contributed by atoms with Crippen molar-refractivity contribution in [3.05, 3.63) is 58.8 Å². The average molecular weight is 568 g/mol. The first-order chi connectivity index (χ1) is 20.5. The first-order valence-corrected chi connectivity index (χ1v) is 16.4. The van der Waals surface area contributed by atoms with Crippen molar-refractivity contribution in [3.63, 3.8) is 0 Å². The largest absolute Gasteiger partial charge is 0.504 e. The Labute approximate surface area is 246 Å². The predicted molar refractivity (Wildman–Crippen MR) is 160 cm³/mol. The lowest BCUT2D eigenvalue weighted by atomic mass is 9.48. The van der Waals surface area contributed by atoms with Crippen LogP contribution < -0.4 is 10.1 Å². The van der Waals surface area contributed by atoms with Gasteiger partial charge in [-0.25, -0.2) is 0 Å². The quantitative estimate of drug-likeness (QED) is 0.336. The average Bonchev–Trinajstić information content (AvgIpc) is 3.59. The number of carbonyl (C=O) groups is 1. The topological polar surface area (TPSA) is 97.8 Å². The molecule has 7 nitrogen and oxygen atoms in total. The molecule has 42 heavy (non-hydrogen) atoms. The number of nitrogens with one attached hydrogen (secondary N) is 2. The predicted octanol–water partition coefficient (Wildman–Crippen LogP) is 5.28. The number of phenolic OH excluding ortho intramolecular Hbond substituents is 1. The van der Waals surface area contributed by atoms with E-state index in [1.165, 1.54) is 56.1 Å². The number of hydrogen-bond donors (Lipinski definition) is 4. The minimum atomic E-state index is -0.952. The molecule has 7 heteroatoms. The number of aromatic nitrogens is 1. The van der Waals surface area contributed by atoms with Crippen LogP contribution in [0.25, 0.3) is 10.9 Å². The number of nitrogens with zero attached hydrogens (tertiary/aromatic N) is 1. The molecule has 9 rings (SSSR count). The van der Waals surface area contributed by atoms with Crippen LogP contribution in [0.5, 0.6) is 11.5 Å². The molecule has 1 saturated heterocycles. The van der Waals surface area contributed by atoms with Crippen molar-refractivity contribution in [1.82, 2.24) is 15.2 Å². The third-order valence-corrected chi connectivity index (χ3v) is 12.1. The SMILES string of the molecule is O=C(N[C@@H]1CC[C@@]2(O)[C@H]3Cc4ccc(O)c5c4[C@@]2(CCN3CC2CC2)[C@H]1O5)c1cccc2c(C3CCCCC3)c[nH]c12. The molecule has 0 radical (unpaired) electrons. The maximum Gasteiger partial charge on any atom is 0.253 e. The lowest BCUT2D eigenvalue weighted by molar-refractivity contribution is -0.191. The summed E-state index contributed by atoms with van der Waals surface area (Å²) in [6, 6.07) is 9.60. The molecule has 2 aromatic carbocycles. The molecular weight excluding hydrogens is 526 g/mol. The van der Waals surface area contributed by atoms with Crippen LogP contribution in [0.2, 0.25) is 0 Å². The zero-order valence-corrected chi connectivity index (χ0v) is 24.2. The highest BCUT2D eigenvalue weighted by molar-refractivity contribution is 6.06. The number of phenols is 1. The monoisotopic (exact) mass is 567 g/mol. The second-order valence-corrected chi connectivity index (χ2v) is 14.2. The zero-order chi connectivity index (χ0) is 28.2. The summed E-state index contributed by atoms with van der Waals surface area (Å²) < 4.78 is 6.67. The van der Waals surface area contributed by atoms with Crippen LogP contribution in [0.1, 0.15) is 97.2 Å². The smallest absolute Gasteiger partial charge is 0.253 e. The van der Waals surface area contributed by atoms with Gasteiger partial charge >= 0.3 is 0 Å². The fourth-order valence-electron chi connectivity index (χ4n) is 9.99. The molecule has 1 aromatic heterocycles. The van der Waals surface area contributed by atoms with Crippen LogP contribution in [0, 0.1) is 5.92 Å². The van der Waals surface area contributed by atoms with Crippen LogP contribution >= 0.6 is 0 Å². The van der Waals surface area contributed by atoms with E-state index >= 15 is 0 Å². The Hall–Kier alpha value is -3.03. The number of fused-ring (bicyclic) bond motifs is 1. The summed E-state index contributed by atoms with van der Waals surface area (Å²) in [5.74, 6) is 1.86. The fourth-order valence-corrected chi connectivity index (χ4v) is 9.99. The fraction of sp³-hybridized carbons (Fsp3) is 0.571. The van der Waals surface area contributed by atoms with Gasteiger partial charge in [-0.3, -0.25) is 9.69 Å². The first kappa shape index (κ1) is 25.5. The molecule has 4 fully saturated rings. The molecule has 220 valence electrons. The number of rotatable bonds is 5. The Morgan fingerprint density at radius 1 is 1.07 bits per heavy atom. The maximum atomic E-state index is 14.0. The third kappa shape index (κ3) is 3.38. The van der Waals surface area contributed by atoms with Crippen molar-refractivity contribution in [1.29, 1.82) is 0 Å². The van der Waals surface area contributed by atoms with E-state index in [0.717, 1.165) is 48.3 Å². The number of piperidine rings is 1. The van der Waals surface area contributed by atoms with Crippen LogP contribution in [0.4, 0.5) is 0 Å². The molecule has 2 bridgehead atoms. The molecule has 1 spiro atoms. The maximum absolute atomic E-state index is 14.0. The lowest BCUT2D eigenvalue weighted by Crippen LogP contribution is -2.78. The van der Waals surface area contributed by atoms with Crippen LogP contribution in [0.3, 0.4) is 0 Å². The summed E-state index contributed by atoms with van der Waals surface area (Å²) in [4.78, 5) is 20.0. The minimum absolute atomic E-state index is 0.0310. The van der Waals surface area contributed by atoms with E-state index in [4.69, 9.17) is 4.74 Å². The molecule has 0 unspecified atom stereocenters. The van der Waals surface area contributed by atoms with Gasteiger partial charge in [-0.2, -0.15) is 0 Å². The minimum Gasteiger partial charge on any atom is -0.504 e. The van der Waals surface area contributed by atoms with E-state index in [9.17, 15) is 15.0 Å². The molecule has 4 aliphatic carbocycles. The number of carbonyl (C=O) groups excluding carboxylic acids is 1. The van der Waals surface area contributed by atoms with Crippen molar-refractivity contribution < 1.29 is 19.7 Å². The van der Waals surface area contributed by atoms with Crippen molar-refractivity contribution >= 4 is 16.8 Å². The number of aromatic amines is 1. The van der Waals surface area contributed by atoms with Gasteiger partial charge in [-0.1, -0.05) is 37.5 Å². The van der Waals surface area contributed by atoms with E-state index in [1.54, 1.807) is 6.07 Å². The molecule has 4 N–H and O–H groups in total. The Bertz CT molecular complexity index is 1590. The van der Waals surface area contributed by atoms with Gasteiger partial charge in [0.15, 0.2) is 11.5 Å². The van der Waals surface area contributed by atoms with Crippen LogP contribution in [-0.4, -0.2) is 62.9 Å². The van der Waals surface area contributed by atoms with Gasteiger partial charge in [0.2, 0.25) is 0 Å². The number of benzene rings is 2. The van der Waals surface area contributed by atoms with Crippen molar-refractivity contribution in [2.24, 2.45) is 5.92 Å². The van der Waals surface area contributed by atoms with Gasteiger partial charge in [0.1, 0.15) is 6.10 Å². The summed E-state index contributed by atoms with van der Waals surface area (Å²) in [5.41, 5.74) is 3.49. The van der Waals surface area contributed by atoms with Crippen LogP contribution in [-0.2, 0) is 11.8 Å². The molecule has 1 amide bonds. The number of hydrogen-bond acceptors (Lipinski definition) is 5. The highest BCUT2D eigenvalue weighted by Crippen LogP contribution is 2.65. The molecule has 6 aliphatic rings. The Balaban J connectivity index is 1.06. The number of likely N-dealkylation sites (tertiary alicyclic amines) is 1. The van der Waals surface area contributed by atoms with Gasteiger partial charge in [0.25, 0.3) is 5.91 Å². The molecule has 5 atom stereocenters. The summed E-state index contributed by atoms with van der Waals surface area (Å²) in [5, 5.41) is 28.2.